The van der Waals surface area contributed by atoms with Crippen LogP contribution in [0.4, 0.5) is 8.78 Å². The fourth-order valence-corrected chi connectivity index (χ4v) is 1.50. The summed E-state index contributed by atoms with van der Waals surface area (Å²) in [5, 5.41) is 8.64. The number of rotatable bonds is 5. The molecule has 0 unspecified atom stereocenters. The van der Waals surface area contributed by atoms with E-state index < -0.39 is 18.6 Å². The van der Waals surface area contributed by atoms with Crippen LogP contribution in [0.25, 0.3) is 0 Å². The van der Waals surface area contributed by atoms with Gasteiger partial charge >= 0.3 is 0 Å². The number of nitrogens with two attached hydrogens (primary N) is 1. The molecule has 1 aromatic rings. The van der Waals surface area contributed by atoms with Crippen LogP contribution in [0.5, 0.6) is 11.5 Å². The summed E-state index contributed by atoms with van der Waals surface area (Å²) in [6.07, 6.45) is 0. The van der Waals surface area contributed by atoms with Crippen LogP contribution in [0.3, 0.4) is 0 Å². The second-order valence-corrected chi connectivity index (χ2v) is 3.47. The molecule has 1 atom stereocenters. The van der Waals surface area contributed by atoms with E-state index in [1.54, 1.807) is 6.07 Å². The molecule has 6 heteroatoms. The predicted molar refractivity (Wildman–Crippen MR) is 58.5 cm³/mol. The summed E-state index contributed by atoms with van der Waals surface area (Å²) in [5.41, 5.74) is 5.50. The van der Waals surface area contributed by atoms with Crippen molar-refractivity contribution in [2.45, 2.75) is 12.0 Å². The number of methoxy groups -OCH3 is 2. The van der Waals surface area contributed by atoms with Crippen LogP contribution in [-0.2, 0) is 0 Å². The zero-order valence-electron chi connectivity index (χ0n) is 9.61. The molecule has 0 aliphatic rings. The van der Waals surface area contributed by atoms with Crippen molar-refractivity contribution >= 4 is 0 Å². The van der Waals surface area contributed by atoms with Crippen LogP contribution in [0, 0.1) is 0 Å². The molecular formula is C11H15F2NO3. The van der Waals surface area contributed by atoms with E-state index in [2.05, 4.69) is 0 Å². The van der Waals surface area contributed by atoms with Crippen molar-refractivity contribution in [2.75, 3.05) is 20.8 Å². The highest BCUT2D eigenvalue weighted by molar-refractivity contribution is 5.47. The van der Waals surface area contributed by atoms with E-state index in [0.717, 1.165) is 0 Å². The molecule has 0 radical (unpaired) electrons. The Balaban J connectivity index is 3.27. The number of hydrogen-bond acceptors (Lipinski definition) is 4. The number of aliphatic hydroxyl groups is 1. The van der Waals surface area contributed by atoms with Gasteiger partial charge in [-0.15, -0.1) is 0 Å². The Kier molecular flexibility index (Phi) is 4.25. The van der Waals surface area contributed by atoms with Crippen molar-refractivity contribution in [3.8, 4) is 11.5 Å². The van der Waals surface area contributed by atoms with Crippen molar-refractivity contribution < 1.29 is 23.4 Å². The van der Waals surface area contributed by atoms with E-state index in [1.165, 1.54) is 26.4 Å². The topological polar surface area (TPSA) is 64.7 Å². The van der Waals surface area contributed by atoms with Crippen LogP contribution >= 0.6 is 0 Å². The molecule has 1 aromatic carbocycles. The van der Waals surface area contributed by atoms with E-state index in [0.29, 0.717) is 0 Å². The monoisotopic (exact) mass is 247 g/mol. The predicted octanol–water partition coefficient (Wildman–Crippen LogP) is 1.33. The molecule has 1 rings (SSSR count). The lowest BCUT2D eigenvalue weighted by Crippen LogP contribution is -2.36. The number of alkyl halides is 2. The Morgan fingerprint density at radius 2 is 1.76 bits per heavy atom. The molecule has 0 saturated carbocycles. The van der Waals surface area contributed by atoms with Gasteiger partial charge in [-0.1, -0.05) is 6.07 Å². The van der Waals surface area contributed by atoms with E-state index in [4.69, 9.17) is 20.3 Å². The Morgan fingerprint density at radius 1 is 1.29 bits per heavy atom. The maximum atomic E-state index is 13.4. The fraction of sp³-hybridized carbons (Fsp3) is 0.455. The lowest BCUT2D eigenvalue weighted by atomic mass is 9.99. The zero-order chi connectivity index (χ0) is 13.1. The van der Waals surface area contributed by atoms with Crippen molar-refractivity contribution in [3.05, 3.63) is 23.8 Å². The molecule has 0 aliphatic carbocycles. The number of benzene rings is 1. The summed E-state index contributed by atoms with van der Waals surface area (Å²) in [6.45, 7) is -1.34. The Morgan fingerprint density at radius 3 is 2.12 bits per heavy atom. The SMILES string of the molecule is COc1cccc(OC)c1[C@@H](N)C(F)(F)CO. The Bertz CT molecular complexity index is 363. The maximum absolute atomic E-state index is 13.4. The molecule has 0 saturated heterocycles. The van der Waals surface area contributed by atoms with Gasteiger partial charge < -0.3 is 20.3 Å². The summed E-state index contributed by atoms with van der Waals surface area (Å²) < 4.78 is 36.7. The second-order valence-electron chi connectivity index (χ2n) is 3.47. The summed E-state index contributed by atoms with van der Waals surface area (Å²) >= 11 is 0. The molecule has 0 amide bonds. The standard InChI is InChI=1S/C11H15F2NO3/c1-16-7-4-3-5-8(17-2)9(7)10(14)11(12,13)6-15/h3-5,10,15H,6,14H2,1-2H3/t10-/m1/s1. The molecule has 0 bridgehead atoms. The van der Waals surface area contributed by atoms with Gasteiger partial charge in [-0.2, -0.15) is 0 Å². The van der Waals surface area contributed by atoms with Crippen LogP contribution in [-0.4, -0.2) is 31.9 Å². The van der Waals surface area contributed by atoms with Gasteiger partial charge in [-0.25, -0.2) is 8.78 Å². The van der Waals surface area contributed by atoms with Gasteiger partial charge in [0, 0.05) is 0 Å². The number of halogens is 2. The minimum atomic E-state index is -3.44. The van der Waals surface area contributed by atoms with Gasteiger partial charge in [0.05, 0.1) is 19.8 Å². The third-order valence-electron chi connectivity index (χ3n) is 2.44. The van der Waals surface area contributed by atoms with Crippen molar-refractivity contribution in [3.63, 3.8) is 0 Å². The number of aliphatic hydroxyl groups excluding tert-OH is 1. The lowest BCUT2D eigenvalue weighted by molar-refractivity contribution is -0.0719. The zero-order valence-corrected chi connectivity index (χ0v) is 9.61. The normalized spacial score (nSPS) is 13.3. The van der Waals surface area contributed by atoms with Gasteiger partial charge in [0.25, 0.3) is 5.92 Å². The first-order valence-electron chi connectivity index (χ1n) is 4.93. The van der Waals surface area contributed by atoms with Crippen molar-refractivity contribution in [1.29, 1.82) is 0 Å². The van der Waals surface area contributed by atoms with Gasteiger partial charge in [0.15, 0.2) is 0 Å². The first kappa shape index (κ1) is 13.7. The van der Waals surface area contributed by atoms with E-state index in [1.807, 2.05) is 0 Å². The average molecular weight is 247 g/mol. The van der Waals surface area contributed by atoms with E-state index in [9.17, 15) is 8.78 Å². The molecule has 0 aliphatic heterocycles. The summed E-state index contributed by atoms with van der Waals surface area (Å²) in [5.74, 6) is -3.04. The smallest absolute Gasteiger partial charge is 0.289 e. The molecule has 0 heterocycles. The molecule has 17 heavy (non-hydrogen) atoms. The van der Waals surface area contributed by atoms with Crippen LogP contribution in [0.1, 0.15) is 11.6 Å². The van der Waals surface area contributed by atoms with Gasteiger partial charge in [-0.3, -0.25) is 0 Å². The van der Waals surface area contributed by atoms with Crippen LogP contribution in [0.2, 0.25) is 0 Å². The van der Waals surface area contributed by atoms with E-state index >= 15 is 0 Å². The quantitative estimate of drug-likeness (QED) is 0.824. The minimum absolute atomic E-state index is 0.0385. The third kappa shape index (κ3) is 2.65. The van der Waals surface area contributed by atoms with Crippen LogP contribution in [0.15, 0.2) is 18.2 Å². The van der Waals surface area contributed by atoms with Crippen molar-refractivity contribution in [1.82, 2.24) is 0 Å². The summed E-state index contributed by atoms with van der Waals surface area (Å²) in [7, 11) is 2.70. The lowest BCUT2D eigenvalue weighted by Gasteiger charge is -2.24. The molecule has 0 fully saturated rings. The first-order valence-corrected chi connectivity index (χ1v) is 4.93. The minimum Gasteiger partial charge on any atom is -0.496 e. The van der Waals surface area contributed by atoms with Crippen LogP contribution < -0.4 is 15.2 Å². The van der Waals surface area contributed by atoms with Gasteiger partial charge in [-0.05, 0) is 12.1 Å². The Hall–Kier alpha value is -1.40. The largest absolute Gasteiger partial charge is 0.496 e. The molecule has 0 aromatic heterocycles. The molecule has 0 spiro atoms. The van der Waals surface area contributed by atoms with Crippen molar-refractivity contribution in [2.24, 2.45) is 5.73 Å². The third-order valence-corrected chi connectivity index (χ3v) is 2.44. The molecule has 3 N–H and O–H groups in total. The molecule has 4 nitrogen and oxygen atoms in total. The van der Waals surface area contributed by atoms with Gasteiger partial charge in [0.1, 0.15) is 24.1 Å². The maximum Gasteiger partial charge on any atom is 0.289 e. The highest BCUT2D eigenvalue weighted by Crippen LogP contribution is 2.39. The van der Waals surface area contributed by atoms with Gasteiger partial charge in [0.2, 0.25) is 0 Å². The fourth-order valence-electron chi connectivity index (χ4n) is 1.50. The number of hydrogen-bond donors (Lipinski definition) is 2. The highest BCUT2D eigenvalue weighted by atomic mass is 19.3. The summed E-state index contributed by atoms with van der Waals surface area (Å²) in [4.78, 5) is 0. The molecule has 96 valence electrons. The second kappa shape index (κ2) is 5.29. The molecular weight excluding hydrogens is 232 g/mol. The average Bonchev–Trinajstić information content (AvgIpc) is 2.36. The van der Waals surface area contributed by atoms with E-state index in [-0.39, 0.29) is 17.1 Å². The summed E-state index contributed by atoms with van der Waals surface area (Å²) in [6, 6.07) is 2.92. The highest BCUT2D eigenvalue weighted by Gasteiger charge is 2.40. The first-order chi connectivity index (χ1) is 7.97. The number of ether oxygens (including phenoxy) is 2. The Labute approximate surface area is 97.9 Å².